The molecule has 0 atom stereocenters. The molecule has 0 bridgehead atoms. The van der Waals surface area contributed by atoms with E-state index in [4.69, 9.17) is 4.98 Å². The molecule has 4 aromatic rings. The molecule has 34 heavy (non-hydrogen) atoms. The number of piperidine rings is 1. The zero-order valence-electron chi connectivity index (χ0n) is 19.4. The first-order chi connectivity index (χ1) is 16.4. The molecule has 1 saturated heterocycles. The molecule has 1 aliphatic rings. The van der Waals surface area contributed by atoms with E-state index in [1.165, 1.54) is 0 Å². The van der Waals surface area contributed by atoms with Gasteiger partial charge >= 0.3 is 0 Å². The summed E-state index contributed by atoms with van der Waals surface area (Å²) in [4.78, 5) is 7.01. The Bertz CT molecular complexity index is 1410. The van der Waals surface area contributed by atoms with E-state index < -0.39 is 10.0 Å². The summed E-state index contributed by atoms with van der Waals surface area (Å²) in [6, 6.07) is 18.8. The van der Waals surface area contributed by atoms with Gasteiger partial charge in [-0.2, -0.15) is 0 Å². The molecule has 0 radical (unpaired) electrons. The van der Waals surface area contributed by atoms with Gasteiger partial charge in [-0.05, 0) is 61.8 Å². The Kier molecular flexibility index (Phi) is 6.02. The second-order valence-corrected chi connectivity index (χ2v) is 10.5. The fraction of sp³-hybridized carbons (Fsp3) is 0.269. The van der Waals surface area contributed by atoms with Crippen molar-refractivity contribution in [2.45, 2.75) is 23.8 Å². The Balaban J connectivity index is 1.69. The van der Waals surface area contributed by atoms with Gasteiger partial charge in [0.25, 0.3) is 10.0 Å². The van der Waals surface area contributed by atoms with Crippen LogP contribution < -0.4 is 14.9 Å². The fourth-order valence-electron chi connectivity index (χ4n) is 4.60. The number of fused-ring (bicyclic) bond motifs is 1. The Morgan fingerprint density at radius 3 is 2.53 bits per heavy atom. The van der Waals surface area contributed by atoms with Gasteiger partial charge < -0.3 is 14.8 Å². The maximum atomic E-state index is 13.2. The molecule has 0 amide bonds. The summed E-state index contributed by atoms with van der Waals surface area (Å²) in [5, 5.41) is 4.24. The van der Waals surface area contributed by atoms with Crippen LogP contribution >= 0.6 is 0 Å². The summed E-state index contributed by atoms with van der Waals surface area (Å²) in [7, 11) is 0.278. The van der Waals surface area contributed by atoms with Crippen molar-refractivity contribution in [1.82, 2.24) is 14.9 Å². The van der Waals surface area contributed by atoms with Crippen LogP contribution in [0.15, 0.2) is 78.0 Å². The molecule has 1 aliphatic heterocycles. The van der Waals surface area contributed by atoms with E-state index in [9.17, 15) is 8.42 Å². The molecular weight excluding hydrogens is 446 g/mol. The summed E-state index contributed by atoms with van der Waals surface area (Å²) in [6.07, 6.45) is 5.83. The van der Waals surface area contributed by atoms with Gasteiger partial charge in [-0.1, -0.05) is 30.3 Å². The minimum absolute atomic E-state index is 0.230. The van der Waals surface area contributed by atoms with Crippen molar-refractivity contribution < 1.29 is 8.42 Å². The highest BCUT2D eigenvalue weighted by Gasteiger charge is 2.24. The largest absolute Gasteiger partial charge is 0.378 e. The SMILES string of the molecule is CN(C)c1cccc(-c2cn(C3CCNCC3)c3nccc(NS(=O)(=O)c4ccccc4)c23)c1. The van der Waals surface area contributed by atoms with E-state index in [1.54, 1.807) is 42.6 Å². The predicted molar refractivity (Wildman–Crippen MR) is 138 cm³/mol. The number of nitrogens with one attached hydrogen (secondary N) is 2. The number of hydrogen-bond donors (Lipinski definition) is 2. The molecule has 0 aliphatic carbocycles. The summed E-state index contributed by atoms with van der Waals surface area (Å²) in [6.45, 7) is 1.91. The van der Waals surface area contributed by atoms with Crippen LogP contribution in [0, 0.1) is 0 Å². The minimum atomic E-state index is -3.75. The summed E-state index contributed by atoms with van der Waals surface area (Å²) >= 11 is 0. The second-order valence-electron chi connectivity index (χ2n) is 8.85. The monoisotopic (exact) mass is 475 g/mol. The Morgan fingerprint density at radius 1 is 1.03 bits per heavy atom. The van der Waals surface area contributed by atoms with Crippen LogP contribution in [0.4, 0.5) is 11.4 Å². The van der Waals surface area contributed by atoms with Crippen LogP contribution in [0.3, 0.4) is 0 Å². The summed E-state index contributed by atoms with van der Waals surface area (Å²) in [5.74, 6) is 0. The molecule has 0 saturated carbocycles. The van der Waals surface area contributed by atoms with Gasteiger partial charge in [0, 0.05) is 43.8 Å². The molecule has 176 valence electrons. The topological polar surface area (TPSA) is 79.3 Å². The number of benzene rings is 2. The Hall–Kier alpha value is -3.36. The maximum absolute atomic E-state index is 13.2. The molecule has 5 rings (SSSR count). The van der Waals surface area contributed by atoms with Gasteiger partial charge in [0.2, 0.25) is 0 Å². The molecule has 0 unspecified atom stereocenters. The molecule has 0 spiro atoms. The van der Waals surface area contributed by atoms with Crippen molar-refractivity contribution in [2.24, 2.45) is 0 Å². The second kappa shape index (κ2) is 9.12. The molecular formula is C26H29N5O2S. The van der Waals surface area contributed by atoms with E-state index in [-0.39, 0.29) is 4.90 Å². The number of aromatic nitrogens is 2. The zero-order chi connectivity index (χ0) is 23.7. The number of nitrogens with zero attached hydrogens (tertiary/aromatic N) is 3. The molecule has 3 heterocycles. The van der Waals surface area contributed by atoms with Crippen molar-refractivity contribution in [1.29, 1.82) is 0 Å². The first-order valence-electron chi connectivity index (χ1n) is 11.5. The van der Waals surface area contributed by atoms with Crippen LogP contribution in [0.1, 0.15) is 18.9 Å². The number of pyridine rings is 1. The number of anilines is 2. The quantitative estimate of drug-likeness (QED) is 0.429. The van der Waals surface area contributed by atoms with Crippen LogP contribution in [-0.4, -0.2) is 45.2 Å². The standard InChI is InChI=1S/C26H29N5O2S/c1-30(2)21-8-6-7-19(17-21)23-18-31(20-11-14-27-15-12-20)26-25(23)24(13-16-28-26)29-34(32,33)22-9-4-3-5-10-22/h3-10,13,16-18,20,27H,11-12,14-15H2,1-2H3,(H,28,29). The average molecular weight is 476 g/mol. The van der Waals surface area contributed by atoms with Crippen LogP contribution in [0.2, 0.25) is 0 Å². The smallest absolute Gasteiger partial charge is 0.261 e. The summed E-state index contributed by atoms with van der Waals surface area (Å²) in [5.41, 5.74) is 4.40. The van der Waals surface area contributed by atoms with Crippen molar-refractivity contribution in [2.75, 3.05) is 36.8 Å². The van der Waals surface area contributed by atoms with Gasteiger partial charge in [0.1, 0.15) is 5.65 Å². The van der Waals surface area contributed by atoms with E-state index in [2.05, 4.69) is 43.9 Å². The summed E-state index contributed by atoms with van der Waals surface area (Å²) < 4.78 is 31.5. The van der Waals surface area contributed by atoms with Crippen LogP contribution in [0.25, 0.3) is 22.2 Å². The number of rotatable bonds is 6. The average Bonchev–Trinajstić information content (AvgIpc) is 3.26. The highest BCUT2D eigenvalue weighted by atomic mass is 32.2. The van der Waals surface area contributed by atoms with Crippen LogP contribution in [-0.2, 0) is 10.0 Å². The first kappa shape index (κ1) is 22.4. The third-order valence-corrected chi connectivity index (χ3v) is 7.77. The Morgan fingerprint density at radius 2 is 1.79 bits per heavy atom. The highest BCUT2D eigenvalue weighted by molar-refractivity contribution is 7.92. The number of hydrogen-bond acceptors (Lipinski definition) is 5. The molecule has 1 fully saturated rings. The number of sulfonamides is 1. The zero-order valence-corrected chi connectivity index (χ0v) is 20.2. The van der Waals surface area contributed by atoms with Gasteiger partial charge in [-0.15, -0.1) is 0 Å². The fourth-order valence-corrected chi connectivity index (χ4v) is 5.69. The predicted octanol–water partition coefficient (Wildman–Crippen LogP) is 4.49. The van der Waals surface area contributed by atoms with E-state index in [0.29, 0.717) is 11.7 Å². The van der Waals surface area contributed by atoms with Gasteiger partial charge in [0.05, 0.1) is 16.0 Å². The highest BCUT2D eigenvalue weighted by Crippen LogP contribution is 2.39. The van der Waals surface area contributed by atoms with E-state index in [0.717, 1.165) is 53.8 Å². The van der Waals surface area contributed by atoms with Crippen LogP contribution in [0.5, 0.6) is 0 Å². The first-order valence-corrected chi connectivity index (χ1v) is 13.0. The lowest BCUT2D eigenvalue weighted by Crippen LogP contribution is -2.29. The third-order valence-electron chi connectivity index (χ3n) is 6.39. The van der Waals surface area contributed by atoms with Gasteiger partial charge in [0.15, 0.2) is 0 Å². The van der Waals surface area contributed by atoms with Crippen molar-refractivity contribution in [3.63, 3.8) is 0 Å². The lowest BCUT2D eigenvalue weighted by molar-refractivity contribution is 0.375. The molecule has 7 nitrogen and oxygen atoms in total. The molecule has 2 N–H and O–H groups in total. The van der Waals surface area contributed by atoms with Gasteiger partial charge in [-0.25, -0.2) is 13.4 Å². The minimum Gasteiger partial charge on any atom is -0.378 e. The van der Waals surface area contributed by atoms with Gasteiger partial charge in [-0.3, -0.25) is 4.72 Å². The molecule has 2 aromatic heterocycles. The van der Waals surface area contributed by atoms with Crippen molar-refractivity contribution in [3.05, 3.63) is 73.1 Å². The molecule has 8 heteroatoms. The normalized spacial score (nSPS) is 14.9. The lowest BCUT2D eigenvalue weighted by atomic mass is 10.0. The lowest BCUT2D eigenvalue weighted by Gasteiger charge is -2.24. The van der Waals surface area contributed by atoms with Crippen molar-refractivity contribution >= 4 is 32.4 Å². The van der Waals surface area contributed by atoms with Crippen molar-refractivity contribution in [3.8, 4) is 11.1 Å². The van der Waals surface area contributed by atoms with E-state index in [1.807, 2.05) is 20.2 Å². The third kappa shape index (κ3) is 4.26. The molecule has 2 aromatic carbocycles. The maximum Gasteiger partial charge on any atom is 0.261 e. The van der Waals surface area contributed by atoms with E-state index >= 15 is 0 Å². The Labute approximate surface area is 200 Å².